The summed E-state index contributed by atoms with van der Waals surface area (Å²) in [6, 6.07) is 15.8. The van der Waals surface area contributed by atoms with Crippen LogP contribution in [0.4, 0.5) is 16.2 Å². The zero-order chi connectivity index (χ0) is 26.3. The maximum atomic E-state index is 14.4. The Balaban J connectivity index is 2.02. The minimum absolute atomic E-state index is 0.0565. The lowest BCUT2D eigenvalue weighted by Crippen LogP contribution is -2.57. The largest absolute Gasteiger partial charge is 0.399 e. The van der Waals surface area contributed by atoms with Crippen LogP contribution in [0.1, 0.15) is 25.0 Å². The lowest BCUT2D eigenvalue weighted by Gasteiger charge is -2.33. The minimum Gasteiger partial charge on any atom is -0.399 e. The fourth-order valence-corrected chi connectivity index (χ4v) is 6.22. The Bertz CT molecular complexity index is 1440. The first kappa shape index (κ1) is 25.8. The molecule has 3 aromatic rings. The lowest BCUT2D eigenvalue weighted by molar-refractivity contribution is -0.121. The maximum absolute atomic E-state index is 14.4. The van der Waals surface area contributed by atoms with Gasteiger partial charge in [-0.05, 0) is 62.4 Å². The predicted molar refractivity (Wildman–Crippen MR) is 141 cm³/mol. The van der Waals surface area contributed by atoms with Gasteiger partial charge in [-0.2, -0.15) is 4.31 Å². The standard InChI is InChI=1S/C25H24Cl2N4O4S/c1-3-30(4-2)24(33)29-25(19-7-5-6-8-21(19)27)20-15-16(26)9-14-22(20)31(23(25)32)36(34,35)18-12-10-17(28)11-13-18/h5-15H,3-4,28H2,1-2H3,(H,29,33). The van der Waals surface area contributed by atoms with Gasteiger partial charge < -0.3 is 16.0 Å². The smallest absolute Gasteiger partial charge is 0.318 e. The number of sulfonamides is 1. The summed E-state index contributed by atoms with van der Waals surface area (Å²) in [4.78, 5) is 29.1. The number of carbonyl (C=O) groups excluding carboxylic acids is 2. The van der Waals surface area contributed by atoms with Crippen LogP contribution in [0.15, 0.2) is 71.6 Å². The zero-order valence-corrected chi connectivity index (χ0v) is 21.9. The first-order valence-electron chi connectivity index (χ1n) is 11.1. The summed E-state index contributed by atoms with van der Waals surface area (Å²) in [6.45, 7) is 4.32. The first-order chi connectivity index (χ1) is 17.1. The third kappa shape index (κ3) is 4.07. The molecular weight excluding hydrogens is 523 g/mol. The van der Waals surface area contributed by atoms with Gasteiger partial charge in [-0.1, -0.05) is 41.4 Å². The zero-order valence-electron chi connectivity index (χ0n) is 19.5. The molecular formula is C25H24Cl2N4O4S. The van der Waals surface area contributed by atoms with E-state index in [1.807, 2.05) is 0 Å². The van der Waals surface area contributed by atoms with Crippen LogP contribution in [0.5, 0.6) is 0 Å². The molecule has 8 nitrogen and oxygen atoms in total. The van der Waals surface area contributed by atoms with E-state index in [2.05, 4.69) is 5.32 Å². The number of hydrogen-bond donors (Lipinski definition) is 2. The van der Waals surface area contributed by atoms with Crippen molar-refractivity contribution in [2.45, 2.75) is 24.3 Å². The maximum Gasteiger partial charge on any atom is 0.318 e. The summed E-state index contributed by atoms with van der Waals surface area (Å²) in [5.74, 6) is -0.912. The lowest BCUT2D eigenvalue weighted by atomic mass is 9.83. The molecule has 0 fully saturated rings. The van der Waals surface area contributed by atoms with E-state index in [1.54, 1.807) is 38.1 Å². The highest BCUT2D eigenvalue weighted by Crippen LogP contribution is 2.49. The van der Waals surface area contributed by atoms with Crippen molar-refractivity contribution < 1.29 is 18.0 Å². The molecule has 3 amide bonds. The molecule has 188 valence electrons. The number of nitrogens with two attached hydrogens (primary N) is 1. The summed E-state index contributed by atoms with van der Waals surface area (Å²) in [6.07, 6.45) is 0. The number of benzene rings is 3. The number of fused-ring (bicyclic) bond motifs is 1. The molecule has 1 heterocycles. The molecule has 1 aliphatic heterocycles. The van der Waals surface area contributed by atoms with E-state index in [0.29, 0.717) is 23.1 Å². The molecule has 3 N–H and O–H groups in total. The molecule has 0 spiro atoms. The van der Waals surface area contributed by atoms with Crippen LogP contribution < -0.4 is 15.4 Å². The van der Waals surface area contributed by atoms with Gasteiger partial charge in [-0.25, -0.2) is 13.2 Å². The van der Waals surface area contributed by atoms with Crippen molar-refractivity contribution in [3.05, 3.63) is 87.9 Å². The van der Waals surface area contributed by atoms with E-state index < -0.39 is 27.5 Å². The van der Waals surface area contributed by atoms with Crippen LogP contribution in [0.25, 0.3) is 0 Å². The highest BCUT2D eigenvalue weighted by atomic mass is 35.5. The number of hydrogen-bond acceptors (Lipinski definition) is 5. The Labute approximate surface area is 219 Å². The second-order valence-corrected chi connectivity index (χ2v) is 10.8. The Kier molecular flexibility index (Phi) is 6.92. The van der Waals surface area contributed by atoms with Crippen molar-refractivity contribution in [2.24, 2.45) is 0 Å². The summed E-state index contributed by atoms with van der Waals surface area (Å²) in [5.41, 5.74) is 4.60. The first-order valence-corrected chi connectivity index (χ1v) is 13.3. The summed E-state index contributed by atoms with van der Waals surface area (Å²) in [7, 11) is -4.41. The third-order valence-electron chi connectivity index (χ3n) is 6.13. The van der Waals surface area contributed by atoms with Gasteiger partial charge in [0.05, 0.1) is 10.6 Å². The molecule has 36 heavy (non-hydrogen) atoms. The summed E-state index contributed by atoms with van der Waals surface area (Å²) < 4.78 is 28.3. The molecule has 1 unspecified atom stereocenters. The number of anilines is 2. The number of nitrogens with one attached hydrogen (secondary N) is 1. The van der Waals surface area contributed by atoms with E-state index in [-0.39, 0.29) is 31.8 Å². The molecule has 4 rings (SSSR count). The van der Waals surface area contributed by atoms with Gasteiger partial charge in [-0.3, -0.25) is 4.79 Å². The molecule has 0 aliphatic carbocycles. The van der Waals surface area contributed by atoms with E-state index in [1.165, 1.54) is 47.4 Å². The Morgan fingerprint density at radius 1 is 1.00 bits per heavy atom. The van der Waals surface area contributed by atoms with Crippen molar-refractivity contribution >= 4 is 56.5 Å². The van der Waals surface area contributed by atoms with Gasteiger partial charge in [0, 0.05) is 39.9 Å². The SMILES string of the molecule is CCN(CC)C(=O)NC1(c2ccccc2Cl)C(=O)N(S(=O)(=O)c2ccc(N)cc2)c2ccc(Cl)cc21. The van der Waals surface area contributed by atoms with Crippen molar-refractivity contribution in [3.8, 4) is 0 Å². The van der Waals surface area contributed by atoms with Gasteiger partial charge in [0.1, 0.15) is 0 Å². The van der Waals surface area contributed by atoms with Gasteiger partial charge >= 0.3 is 6.03 Å². The number of amides is 3. The van der Waals surface area contributed by atoms with Gasteiger partial charge in [0.15, 0.2) is 5.54 Å². The normalized spacial score (nSPS) is 17.1. The molecule has 0 saturated carbocycles. The second-order valence-electron chi connectivity index (χ2n) is 8.14. The van der Waals surface area contributed by atoms with Gasteiger partial charge in [0.25, 0.3) is 15.9 Å². The number of nitrogens with zero attached hydrogens (tertiary/aromatic N) is 2. The highest BCUT2D eigenvalue weighted by molar-refractivity contribution is 7.93. The van der Waals surface area contributed by atoms with Crippen LogP contribution in [-0.4, -0.2) is 38.3 Å². The summed E-state index contributed by atoms with van der Waals surface area (Å²) in [5, 5.41) is 3.24. The van der Waals surface area contributed by atoms with E-state index >= 15 is 0 Å². The molecule has 0 saturated heterocycles. The van der Waals surface area contributed by atoms with E-state index in [0.717, 1.165) is 0 Å². The van der Waals surface area contributed by atoms with Crippen molar-refractivity contribution in [2.75, 3.05) is 23.1 Å². The number of rotatable bonds is 6. The second kappa shape index (κ2) is 9.65. The van der Waals surface area contributed by atoms with E-state index in [4.69, 9.17) is 28.9 Å². The van der Waals surface area contributed by atoms with Crippen LogP contribution in [0.2, 0.25) is 10.0 Å². The number of halogens is 2. The number of urea groups is 1. The average Bonchev–Trinajstić information content (AvgIpc) is 3.08. The number of nitrogen functional groups attached to an aromatic ring is 1. The molecule has 0 bridgehead atoms. The monoisotopic (exact) mass is 546 g/mol. The molecule has 0 aromatic heterocycles. The highest BCUT2D eigenvalue weighted by Gasteiger charge is 2.58. The molecule has 0 radical (unpaired) electrons. The summed E-state index contributed by atoms with van der Waals surface area (Å²) >= 11 is 12.9. The Morgan fingerprint density at radius 3 is 2.25 bits per heavy atom. The predicted octanol–water partition coefficient (Wildman–Crippen LogP) is 4.61. The Hall–Kier alpha value is -3.27. The molecule has 3 aromatic carbocycles. The van der Waals surface area contributed by atoms with Crippen molar-refractivity contribution in [1.29, 1.82) is 0 Å². The topological polar surface area (TPSA) is 113 Å². The quantitative estimate of drug-likeness (QED) is 0.438. The fourth-order valence-electron chi connectivity index (χ4n) is 4.31. The van der Waals surface area contributed by atoms with Gasteiger partial charge in [-0.15, -0.1) is 0 Å². The third-order valence-corrected chi connectivity index (χ3v) is 8.40. The molecule has 1 atom stereocenters. The minimum atomic E-state index is -4.41. The van der Waals surface area contributed by atoms with Crippen LogP contribution >= 0.6 is 23.2 Å². The van der Waals surface area contributed by atoms with Crippen LogP contribution in [0, 0.1) is 0 Å². The van der Waals surface area contributed by atoms with Crippen LogP contribution in [0.3, 0.4) is 0 Å². The van der Waals surface area contributed by atoms with E-state index in [9.17, 15) is 18.0 Å². The van der Waals surface area contributed by atoms with Crippen molar-refractivity contribution in [1.82, 2.24) is 10.2 Å². The van der Waals surface area contributed by atoms with Crippen molar-refractivity contribution in [3.63, 3.8) is 0 Å². The molecule has 1 aliphatic rings. The number of carbonyl (C=O) groups is 2. The van der Waals surface area contributed by atoms with Crippen LogP contribution in [-0.2, 0) is 20.4 Å². The fraction of sp³-hybridized carbons (Fsp3) is 0.200. The Morgan fingerprint density at radius 2 is 1.64 bits per heavy atom. The average molecular weight is 547 g/mol. The van der Waals surface area contributed by atoms with Gasteiger partial charge in [0.2, 0.25) is 0 Å². The molecule has 11 heteroatoms.